The number of carbonyl (C=O) groups is 1. The fourth-order valence-corrected chi connectivity index (χ4v) is 1.82. The van der Waals surface area contributed by atoms with E-state index in [4.69, 9.17) is 4.74 Å². The van der Waals surface area contributed by atoms with E-state index in [-0.39, 0.29) is 0 Å². The molecule has 19 heavy (non-hydrogen) atoms. The number of pyridine rings is 1. The van der Waals surface area contributed by atoms with Crippen LogP contribution >= 0.6 is 0 Å². The second kappa shape index (κ2) is 8.61. The molecule has 1 aromatic heterocycles. The van der Waals surface area contributed by atoms with E-state index in [1.165, 1.54) is 7.11 Å². The van der Waals surface area contributed by atoms with Gasteiger partial charge in [0.25, 0.3) is 0 Å². The Bertz CT molecular complexity index is 396. The smallest absolute Gasteiger partial charge is 0.356 e. The molecule has 0 fully saturated rings. The third kappa shape index (κ3) is 5.36. The van der Waals surface area contributed by atoms with E-state index in [1.807, 2.05) is 12.1 Å². The number of methoxy groups -OCH3 is 2. The molecule has 106 valence electrons. The number of hydrogen-bond donors (Lipinski definition) is 0. The van der Waals surface area contributed by atoms with Gasteiger partial charge in [-0.2, -0.15) is 0 Å². The van der Waals surface area contributed by atoms with Gasteiger partial charge in [0.2, 0.25) is 0 Å². The highest BCUT2D eigenvalue weighted by atomic mass is 16.5. The van der Waals surface area contributed by atoms with Gasteiger partial charge in [-0.1, -0.05) is 13.0 Å². The van der Waals surface area contributed by atoms with Gasteiger partial charge >= 0.3 is 5.97 Å². The Morgan fingerprint density at radius 3 is 2.74 bits per heavy atom. The van der Waals surface area contributed by atoms with E-state index in [0.717, 1.165) is 25.2 Å². The Kier molecular flexibility index (Phi) is 7.07. The van der Waals surface area contributed by atoms with E-state index >= 15 is 0 Å². The Morgan fingerprint density at radius 1 is 1.32 bits per heavy atom. The number of carbonyl (C=O) groups excluding carboxylic acids is 1. The highest BCUT2D eigenvalue weighted by Crippen LogP contribution is 2.05. The van der Waals surface area contributed by atoms with Crippen molar-refractivity contribution in [2.24, 2.45) is 0 Å². The molecule has 0 aliphatic carbocycles. The normalized spacial score (nSPS) is 10.7. The summed E-state index contributed by atoms with van der Waals surface area (Å²) < 4.78 is 9.77. The SMILES string of the molecule is CCCN(CCOC)Cc1cccc(C(=O)OC)n1. The molecule has 0 aliphatic rings. The number of esters is 1. The quantitative estimate of drug-likeness (QED) is 0.671. The molecule has 1 heterocycles. The summed E-state index contributed by atoms with van der Waals surface area (Å²) in [5.41, 5.74) is 1.22. The van der Waals surface area contributed by atoms with Gasteiger partial charge in [-0.25, -0.2) is 9.78 Å². The topological polar surface area (TPSA) is 51.7 Å². The molecular formula is C14H22N2O3. The predicted octanol–water partition coefficient (Wildman–Crippen LogP) is 1.73. The molecule has 0 unspecified atom stereocenters. The zero-order valence-electron chi connectivity index (χ0n) is 11.9. The number of nitrogens with zero attached hydrogens (tertiary/aromatic N) is 2. The first-order valence-electron chi connectivity index (χ1n) is 6.46. The van der Waals surface area contributed by atoms with Gasteiger partial charge in [-0.05, 0) is 25.1 Å². The average molecular weight is 266 g/mol. The van der Waals surface area contributed by atoms with Gasteiger partial charge in [0.1, 0.15) is 5.69 Å². The Morgan fingerprint density at radius 2 is 2.11 bits per heavy atom. The molecule has 5 heteroatoms. The minimum atomic E-state index is -0.402. The van der Waals surface area contributed by atoms with Crippen molar-refractivity contribution in [1.29, 1.82) is 0 Å². The second-order valence-electron chi connectivity index (χ2n) is 4.27. The number of aromatic nitrogens is 1. The lowest BCUT2D eigenvalue weighted by molar-refractivity contribution is 0.0593. The van der Waals surface area contributed by atoms with Crippen LogP contribution in [0.4, 0.5) is 0 Å². The molecule has 1 rings (SSSR count). The first kappa shape index (κ1) is 15.6. The van der Waals surface area contributed by atoms with Gasteiger partial charge in [0.05, 0.1) is 19.4 Å². The van der Waals surface area contributed by atoms with Crippen molar-refractivity contribution in [3.05, 3.63) is 29.6 Å². The maximum atomic E-state index is 11.4. The molecule has 5 nitrogen and oxygen atoms in total. The van der Waals surface area contributed by atoms with E-state index < -0.39 is 5.97 Å². The van der Waals surface area contributed by atoms with E-state index in [9.17, 15) is 4.79 Å². The molecule has 1 aromatic rings. The molecule has 0 aromatic carbocycles. The van der Waals surface area contributed by atoms with Crippen LogP contribution in [0, 0.1) is 0 Å². The summed E-state index contributed by atoms with van der Waals surface area (Å²) in [4.78, 5) is 18.0. The zero-order chi connectivity index (χ0) is 14.1. The van der Waals surface area contributed by atoms with Gasteiger partial charge in [0, 0.05) is 20.2 Å². The van der Waals surface area contributed by atoms with Crippen LogP contribution in [0.5, 0.6) is 0 Å². The first-order chi connectivity index (χ1) is 9.21. The van der Waals surface area contributed by atoms with E-state index in [2.05, 4.69) is 21.5 Å². The monoisotopic (exact) mass is 266 g/mol. The van der Waals surface area contributed by atoms with Crippen molar-refractivity contribution in [2.75, 3.05) is 33.9 Å². The van der Waals surface area contributed by atoms with Crippen LogP contribution in [0.1, 0.15) is 29.5 Å². The summed E-state index contributed by atoms with van der Waals surface area (Å²) in [5, 5.41) is 0. The van der Waals surface area contributed by atoms with Crippen molar-refractivity contribution in [1.82, 2.24) is 9.88 Å². The summed E-state index contributed by atoms with van der Waals surface area (Å²) in [7, 11) is 3.05. The third-order valence-corrected chi connectivity index (χ3v) is 2.74. The largest absolute Gasteiger partial charge is 0.464 e. The number of hydrogen-bond acceptors (Lipinski definition) is 5. The van der Waals surface area contributed by atoms with Crippen LogP contribution < -0.4 is 0 Å². The lowest BCUT2D eigenvalue weighted by atomic mass is 10.2. The zero-order valence-corrected chi connectivity index (χ0v) is 11.9. The highest BCUT2D eigenvalue weighted by molar-refractivity contribution is 5.87. The standard InChI is InChI=1S/C14H22N2O3/c1-4-8-16(9-10-18-2)11-12-6-5-7-13(15-12)14(17)19-3/h5-7H,4,8-11H2,1-3H3. The van der Waals surface area contributed by atoms with Crippen LogP contribution in [-0.4, -0.2) is 49.8 Å². The van der Waals surface area contributed by atoms with Crippen molar-refractivity contribution in [3.63, 3.8) is 0 Å². The Labute approximate surface area is 114 Å². The fraction of sp³-hybridized carbons (Fsp3) is 0.571. The molecule has 0 amide bonds. The number of ether oxygens (including phenoxy) is 2. The molecule has 0 N–H and O–H groups in total. The summed E-state index contributed by atoms with van der Waals surface area (Å²) in [6, 6.07) is 5.41. The molecule has 0 spiro atoms. The lowest BCUT2D eigenvalue weighted by Gasteiger charge is -2.20. The van der Waals surface area contributed by atoms with Crippen molar-refractivity contribution in [2.45, 2.75) is 19.9 Å². The molecule has 0 saturated heterocycles. The molecule has 0 bridgehead atoms. The summed E-state index contributed by atoms with van der Waals surface area (Å²) in [6.45, 7) is 5.37. The Balaban J connectivity index is 2.69. The third-order valence-electron chi connectivity index (χ3n) is 2.74. The summed E-state index contributed by atoms with van der Waals surface area (Å²) in [5.74, 6) is -0.402. The van der Waals surface area contributed by atoms with Gasteiger partial charge in [-0.3, -0.25) is 4.90 Å². The maximum absolute atomic E-state index is 11.4. The minimum absolute atomic E-state index is 0.350. The summed E-state index contributed by atoms with van der Waals surface area (Å²) in [6.07, 6.45) is 1.07. The van der Waals surface area contributed by atoms with E-state index in [1.54, 1.807) is 13.2 Å². The van der Waals surface area contributed by atoms with Crippen LogP contribution in [0.3, 0.4) is 0 Å². The van der Waals surface area contributed by atoms with Crippen LogP contribution in [0.2, 0.25) is 0 Å². The highest BCUT2D eigenvalue weighted by Gasteiger charge is 2.10. The van der Waals surface area contributed by atoms with Crippen molar-refractivity contribution < 1.29 is 14.3 Å². The van der Waals surface area contributed by atoms with Gasteiger partial charge in [0.15, 0.2) is 0 Å². The maximum Gasteiger partial charge on any atom is 0.356 e. The Hall–Kier alpha value is -1.46. The molecular weight excluding hydrogens is 244 g/mol. The summed E-state index contributed by atoms with van der Waals surface area (Å²) >= 11 is 0. The molecule has 0 aliphatic heterocycles. The van der Waals surface area contributed by atoms with Crippen molar-refractivity contribution in [3.8, 4) is 0 Å². The molecule has 0 saturated carbocycles. The van der Waals surface area contributed by atoms with Gasteiger partial charge < -0.3 is 9.47 Å². The average Bonchev–Trinajstić information content (AvgIpc) is 2.44. The lowest BCUT2D eigenvalue weighted by Crippen LogP contribution is -2.28. The van der Waals surface area contributed by atoms with Crippen LogP contribution in [-0.2, 0) is 16.0 Å². The number of rotatable bonds is 8. The molecule has 0 atom stereocenters. The van der Waals surface area contributed by atoms with Gasteiger partial charge in [-0.15, -0.1) is 0 Å². The van der Waals surface area contributed by atoms with Crippen LogP contribution in [0.15, 0.2) is 18.2 Å². The first-order valence-corrected chi connectivity index (χ1v) is 6.46. The fourth-order valence-electron chi connectivity index (χ4n) is 1.82. The van der Waals surface area contributed by atoms with E-state index in [0.29, 0.717) is 18.8 Å². The van der Waals surface area contributed by atoms with Crippen molar-refractivity contribution >= 4 is 5.97 Å². The van der Waals surface area contributed by atoms with Crippen LogP contribution in [0.25, 0.3) is 0 Å². The predicted molar refractivity (Wildman–Crippen MR) is 73.0 cm³/mol. The molecule has 0 radical (unpaired) electrons. The second-order valence-corrected chi connectivity index (χ2v) is 4.27. The minimum Gasteiger partial charge on any atom is -0.464 e.